The lowest BCUT2D eigenvalue weighted by Crippen LogP contribution is -2.44. The van der Waals surface area contributed by atoms with E-state index in [9.17, 15) is 0 Å². The maximum Gasteiger partial charge on any atom is 0.325 e. The van der Waals surface area contributed by atoms with E-state index in [2.05, 4.69) is 57.2 Å². The molecule has 0 radical (unpaired) electrons. The number of H-pyrrole nitrogens is 1. The van der Waals surface area contributed by atoms with Crippen LogP contribution in [0.15, 0.2) is 34.9 Å². The van der Waals surface area contributed by atoms with Crippen molar-refractivity contribution in [2.24, 2.45) is 0 Å². The van der Waals surface area contributed by atoms with Crippen LogP contribution in [0, 0.1) is 13.8 Å². The fraction of sp³-hybridized carbons (Fsp3) is 0.400. The predicted molar refractivity (Wildman–Crippen MR) is 131 cm³/mol. The van der Waals surface area contributed by atoms with Gasteiger partial charge in [-0.05, 0) is 51.9 Å². The average molecular weight is 460 g/mol. The van der Waals surface area contributed by atoms with Crippen LogP contribution in [0.4, 0.5) is 17.5 Å². The van der Waals surface area contributed by atoms with Crippen LogP contribution in [0.1, 0.15) is 35.7 Å². The summed E-state index contributed by atoms with van der Waals surface area (Å²) in [6.07, 6.45) is 2.35. The summed E-state index contributed by atoms with van der Waals surface area (Å²) in [7, 11) is 2.14. The van der Waals surface area contributed by atoms with Gasteiger partial charge < -0.3 is 29.4 Å². The van der Waals surface area contributed by atoms with Crippen LogP contribution in [0.5, 0.6) is 11.8 Å². The van der Waals surface area contributed by atoms with Gasteiger partial charge in [-0.1, -0.05) is 5.16 Å². The van der Waals surface area contributed by atoms with Crippen molar-refractivity contribution in [3.8, 4) is 11.8 Å². The highest BCUT2D eigenvalue weighted by atomic mass is 16.5. The molecule has 1 saturated carbocycles. The van der Waals surface area contributed by atoms with Gasteiger partial charge in [0.25, 0.3) is 0 Å². The first kappa shape index (κ1) is 21.0. The summed E-state index contributed by atoms with van der Waals surface area (Å²) in [5.74, 6) is 3.30. The van der Waals surface area contributed by atoms with E-state index >= 15 is 0 Å². The molecule has 1 saturated heterocycles. The minimum Gasteiger partial charge on any atom is -0.424 e. The minimum absolute atomic E-state index is 0.301. The van der Waals surface area contributed by atoms with Crippen molar-refractivity contribution in [1.82, 2.24) is 25.0 Å². The Hall–Kier alpha value is -3.59. The molecule has 4 heterocycles. The number of aryl methyl sites for hydroxylation is 2. The Morgan fingerprint density at radius 3 is 2.68 bits per heavy atom. The number of piperazine rings is 1. The number of fused-ring (bicyclic) bond motifs is 1. The third kappa shape index (κ3) is 4.19. The van der Waals surface area contributed by atoms with Crippen LogP contribution < -0.4 is 15.0 Å². The van der Waals surface area contributed by atoms with Gasteiger partial charge in [0, 0.05) is 66.4 Å². The van der Waals surface area contributed by atoms with Crippen molar-refractivity contribution < 1.29 is 9.26 Å². The molecule has 1 aliphatic heterocycles. The summed E-state index contributed by atoms with van der Waals surface area (Å²) in [5, 5.41) is 8.60. The van der Waals surface area contributed by atoms with Gasteiger partial charge in [0.2, 0.25) is 5.88 Å². The number of nitrogens with zero attached hydrogens (tertiary/aromatic N) is 5. The summed E-state index contributed by atoms with van der Waals surface area (Å²) in [5.41, 5.74) is 4.26. The van der Waals surface area contributed by atoms with Gasteiger partial charge in [-0.15, -0.1) is 0 Å². The first-order valence-corrected chi connectivity index (χ1v) is 11.8. The lowest BCUT2D eigenvalue weighted by Gasteiger charge is -2.33. The molecular formula is C25H29N7O2. The molecule has 2 fully saturated rings. The summed E-state index contributed by atoms with van der Waals surface area (Å²) in [6.45, 7) is 7.88. The zero-order valence-corrected chi connectivity index (χ0v) is 19.8. The van der Waals surface area contributed by atoms with E-state index in [1.54, 1.807) is 0 Å². The molecule has 1 aromatic carbocycles. The maximum atomic E-state index is 6.25. The van der Waals surface area contributed by atoms with E-state index in [0.29, 0.717) is 23.6 Å². The Balaban J connectivity index is 1.32. The fourth-order valence-electron chi connectivity index (χ4n) is 4.44. The first-order chi connectivity index (χ1) is 16.5. The highest BCUT2D eigenvalue weighted by molar-refractivity contribution is 5.86. The molecule has 9 nitrogen and oxygen atoms in total. The van der Waals surface area contributed by atoms with Crippen LogP contribution in [0.2, 0.25) is 0 Å². The van der Waals surface area contributed by atoms with Crippen LogP contribution in [-0.2, 0) is 0 Å². The number of rotatable bonds is 6. The maximum absolute atomic E-state index is 6.25. The molecule has 1 aliphatic carbocycles. The number of hydrogen-bond donors (Lipinski definition) is 2. The Kier molecular flexibility index (Phi) is 5.13. The molecule has 0 amide bonds. The van der Waals surface area contributed by atoms with Gasteiger partial charge in [0.15, 0.2) is 0 Å². The van der Waals surface area contributed by atoms with Crippen molar-refractivity contribution >= 4 is 28.4 Å². The minimum atomic E-state index is 0.301. The van der Waals surface area contributed by atoms with Crippen LogP contribution in [-0.4, -0.2) is 58.2 Å². The molecule has 4 aromatic rings. The van der Waals surface area contributed by atoms with E-state index in [1.165, 1.54) is 12.8 Å². The summed E-state index contributed by atoms with van der Waals surface area (Å²) >= 11 is 0. The molecular weight excluding hydrogens is 430 g/mol. The predicted octanol–water partition coefficient (Wildman–Crippen LogP) is 4.73. The number of nitrogens with one attached hydrogen (secondary N) is 2. The number of benzene rings is 1. The van der Waals surface area contributed by atoms with E-state index in [1.807, 2.05) is 24.3 Å². The third-order valence-corrected chi connectivity index (χ3v) is 6.65. The highest BCUT2D eigenvalue weighted by Gasteiger charge is 2.27. The molecule has 0 spiro atoms. The molecule has 2 N–H and O–H groups in total. The molecule has 0 unspecified atom stereocenters. The van der Waals surface area contributed by atoms with Crippen molar-refractivity contribution in [1.29, 1.82) is 0 Å². The second-order valence-corrected chi connectivity index (χ2v) is 9.40. The summed E-state index contributed by atoms with van der Waals surface area (Å²) in [4.78, 5) is 17.4. The summed E-state index contributed by atoms with van der Waals surface area (Å²) < 4.78 is 11.8. The number of hydrogen-bond acceptors (Lipinski definition) is 8. The topological polar surface area (TPSA) is 95.3 Å². The number of likely N-dealkylation sites (N-methyl/N-ethyl adjacent to an activating group) is 1. The Labute approximate surface area is 198 Å². The third-order valence-electron chi connectivity index (χ3n) is 6.65. The quantitative estimate of drug-likeness (QED) is 0.427. The number of aromatic nitrogens is 4. The van der Waals surface area contributed by atoms with Crippen LogP contribution in [0.25, 0.3) is 10.9 Å². The van der Waals surface area contributed by atoms with E-state index < -0.39 is 0 Å². The van der Waals surface area contributed by atoms with Crippen LogP contribution in [0.3, 0.4) is 0 Å². The van der Waals surface area contributed by atoms with Gasteiger partial charge in [0.05, 0.1) is 5.69 Å². The standard InChI is InChI=1S/C25H29N7O2/c1-15-12-18-16(2)21(7-6-19(18)26-15)33-25-28-22(27-24-13-20(30-34-24)17-4-5-17)14-23(29-25)32-10-8-31(3)9-11-32/h6-7,12-14,17,26H,4-5,8-11H2,1-3H3,(H,27,28,29). The Bertz CT molecular complexity index is 1330. The van der Waals surface area contributed by atoms with E-state index in [4.69, 9.17) is 14.2 Å². The van der Waals surface area contributed by atoms with Crippen molar-refractivity contribution in [2.45, 2.75) is 32.6 Å². The molecule has 0 bridgehead atoms. The summed E-state index contributed by atoms with van der Waals surface area (Å²) in [6, 6.07) is 10.3. The van der Waals surface area contributed by atoms with Crippen molar-refractivity contribution in [3.05, 3.63) is 47.3 Å². The van der Waals surface area contributed by atoms with E-state index in [-0.39, 0.29) is 0 Å². The normalized spacial score (nSPS) is 16.9. The lowest BCUT2D eigenvalue weighted by molar-refractivity contribution is 0.311. The number of aromatic amines is 1. The largest absolute Gasteiger partial charge is 0.424 e. The van der Waals surface area contributed by atoms with Gasteiger partial charge in [-0.25, -0.2) is 0 Å². The Morgan fingerprint density at radius 1 is 1.06 bits per heavy atom. The SMILES string of the molecule is Cc1cc2c(C)c(Oc3nc(Nc4cc(C5CC5)no4)cc(N4CCN(C)CC4)n3)ccc2[nH]1. The molecule has 176 valence electrons. The Morgan fingerprint density at radius 2 is 1.88 bits per heavy atom. The first-order valence-electron chi connectivity index (χ1n) is 11.8. The monoisotopic (exact) mass is 459 g/mol. The highest BCUT2D eigenvalue weighted by Crippen LogP contribution is 2.40. The van der Waals surface area contributed by atoms with Gasteiger partial charge in [-0.2, -0.15) is 9.97 Å². The van der Waals surface area contributed by atoms with E-state index in [0.717, 1.165) is 65.6 Å². The molecule has 34 heavy (non-hydrogen) atoms. The average Bonchev–Trinajstić information content (AvgIpc) is 3.45. The molecule has 0 atom stereocenters. The van der Waals surface area contributed by atoms with Gasteiger partial charge in [-0.3, -0.25) is 0 Å². The number of anilines is 3. The molecule has 9 heteroatoms. The van der Waals surface area contributed by atoms with Crippen LogP contribution >= 0.6 is 0 Å². The molecule has 3 aromatic heterocycles. The van der Waals surface area contributed by atoms with Crippen molar-refractivity contribution in [3.63, 3.8) is 0 Å². The number of ether oxygens (including phenoxy) is 1. The fourth-order valence-corrected chi connectivity index (χ4v) is 4.44. The zero-order chi connectivity index (χ0) is 23.2. The smallest absolute Gasteiger partial charge is 0.325 e. The molecule has 2 aliphatic rings. The van der Waals surface area contributed by atoms with Gasteiger partial charge in [0.1, 0.15) is 17.4 Å². The lowest BCUT2D eigenvalue weighted by atomic mass is 10.1. The van der Waals surface area contributed by atoms with Gasteiger partial charge >= 0.3 is 6.01 Å². The molecule has 6 rings (SSSR count). The van der Waals surface area contributed by atoms with Crippen molar-refractivity contribution in [2.75, 3.05) is 43.4 Å². The second kappa shape index (κ2) is 8.32. The second-order valence-electron chi connectivity index (χ2n) is 9.40. The zero-order valence-electron chi connectivity index (χ0n) is 19.8.